The van der Waals surface area contributed by atoms with E-state index in [0.29, 0.717) is 6.54 Å². The van der Waals surface area contributed by atoms with Crippen molar-refractivity contribution in [2.45, 2.75) is 26.4 Å². The van der Waals surface area contributed by atoms with Crippen LogP contribution in [-0.2, 0) is 19.5 Å². The highest BCUT2D eigenvalue weighted by molar-refractivity contribution is 5.00. The van der Waals surface area contributed by atoms with E-state index in [4.69, 9.17) is 5.73 Å². The second-order valence-electron chi connectivity index (χ2n) is 3.90. The number of nitrogens with zero attached hydrogens (tertiary/aromatic N) is 4. The third-order valence-corrected chi connectivity index (χ3v) is 2.53. The first-order chi connectivity index (χ1) is 7.79. The molecule has 0 saturated heterocycles. The first kappa shape index (κ1) is 10.9. The highest BCUT2D eigenvalue weighted by Gasteiger charge is 2.01. The highest BCUT2D eigenvalue weighted by atomic mass is 15.3. The van der Waals surface area contributed by atoms with Crippen LogP contribution in [0.25, 0.3) is 0 Å². The number of aryl methyl sites for hydroxylation is 3. The van der Waals surface area contributed by atoms with Crippen molar-refractivity contribution in [3.05, 3.63) is 36.2 Å². The molecule has 0 aromatic carbocycles. The molecule has 2 rings (SSSR count). The lowest BCUT2D eigenvalue weighted by molar-refractivity contribution is 0.522. The molecule has 0 saturated carbocycles. The molecule has 0 spiro atoms. The van der Waals surface area contributed by atoms with Gasteiger partial charge in [0.25, 0.3) is 0 Å². The molecule has 0 aliphatic rings. The summed E-state index contributed by atoms with van der Waals surface area (Å²) in [5.41, 5.74) is 7.91. The Morgan fingerprint density at radius 1 is 1.31 bits per heavy atom. The first-order valence-corrected chi connectivity index (χ1v) is 5.47. The van der Waals surface area contributed by atoms with Gasteiger partial charge in [-0.2, -0.15) is 5.10 Å². The van der Waals surface area contributed by atoms with Gasteiger partial charge in [-0.1, -0.05) is 0 Å². The number of nitrogens with two attached hydrogens (primary N) is 1. The standard InChI is InChI=1S/C11H17N5/c1-10-6-14-16(8-10)5-4-15-9-13-7-11(15)2-3-12/h6-9H,2-5,12H2,1H3. The van der Waals surface area contributed by atoms with E-state index in [9.17, 15) is 0 Å². The van der Waals surface area contributed by atoms with Crippen molar-refractivity contribution in [2.75, 3.05) is 6.54 Å². The summed E-state index contributed by atoms with van der Waals surface area (Å²) in [5, 5.41) is 4.25. The molecule has 5 nitrogen and oxygen atoms in total. The molecule has 86 valence electrons. The fourth-order valence-corrected chi connectivity index (χ4v) is 1.70. The lowest BCUT2D eigenvalue weighted by Gasteiger charge is -2.07. The Morgan fingerprint density at radius 2 is 2.19 bits per heavy atom. The van der Waals surface area contributed by atoms with Gasteiger partial charge in [0.2, 0.25) is 0 Å². The summed E-state index contributed by atoms with van der Waals surface area (Å²) in [6.07, 6.45) is 8.51. The van der Waals surface area contributed by atoms with Crippen molar-refractivity contribution >= 4 is 0 Å². The van der Waals surface area contributed by atoms with Gasteiger partial charge in [-0.05, 0) is 19.0 Å². The second-order valence-corrected chi connectivity index (χ2v) is 3.90. The Hall–Kier alpha value is -1.62. The molecule has 0 bridgehead atoms. The predicted molar refractivity (Wildman–Crippen MR) is 61.9 cm³/mol. The average molecular weight is 219 g/mol. The predicted octanol–water partition coefficient (Wildman–Crippen LogP) is 0.589. The molecule has 2 heterocycles. The maximum Gasteiger partial charge on any atom is 0.0948 e. The van der Waals surface area contributed by atoms with Gasteiger partial charge in [-0.3, -0.25) is 4.68 Å². The maximum absolute atomic E-state index is 5.54. The molecular formula is C11H17N5. The Morgan fingerprint density at radius 3 is 2.88 bits per heavy atom. The topological polar surface area (TPSA) is 61.7 Å². The van der Waals surface area contributed by atoms with Gasteiger partial charge in [0, 0.05) is 31.1 Å². The molecule has 0 unspecified atom stereocenters. The molecule has 0 radical (unpaired) electrons. The van der Waals surface area contributed by atoms with Crippen LogP contribution in [0.3, 0.4) is 0 Å². The fourth-order valence-electron chi connectivity index (χ4n) is 1.70. The monoisotopic (exact) mass is 219 g/mol. The van der Waals surface area contributed by atoms with Crippen LogP contribution in [0.5, 0.6) is 0 Å². The van der Waals surface area contributed by atoms with E-state index in [1.165, 1.54) is 11.3 Å². The summed E-state index contributed by atoms with van der Waals surface area (Å²) in [5.74, 6) is 0. The van der Waals surface area contributed by atoms with E-state index >= 15 is 0 Å². The van der Waals surface area contributed by atoms with Crippen molar-refractivity contribution in [3.8, 4) is 0 Å². The Balaban J connectivity index is 1.96. The van der Waals surface area contributed by atoms with Gasteiger partial charge in [0.1, 0.15) is 0 Å². The molecule has 2 aromatic rings. The normalized spacial score (nSPS) is 10.9. The van der Waals surface area contributed by atoms with Crippen LogP contribution in [0.1, 0.15) is 11.3 Å². The summed E-state index contributed by atoms with van der Waals surface area (Å²) in [6.45, 7) is 4.45. The van der Waals surface area contributed by atoms with E-state index in [-0.39, 0.29) is 0 Å². The van der Waals surface area contributed by atoms with Gasteiger partial charge < -0.3 is 10.3 Å². The zero-order chi connectivity index (χ0) is 11.4. The zero-order valence-electron chi connectivity index (χ0n) is 9.50. The quantitative estimate of drug-likeness (QED) is 0.800. The number of hydrogen-bond acceptors (Lipinski definition) is 3. The lowest BCUT2D eigenvalue weighted by atomic mass is 10.3. The van der Waals surface area contributed by atoms with Crippen LogP contribution in [-0.4, -0.2) is 25.9 Å². The molecule has 2 N–H and O–H groups in total. The molecule has 0 fully saturated rings. The van der Waals surface area contributed by atoms with Gasteiger partial charge in [-0.25, -0.2) is 4.98 Å². The fraction of sp³-hybridized carbons (Fsp3) is 0.455. The molecule has 0 aliphatic carbocycles. The van der Waals surface area contributed by atoms with Crippen molar-refractivity contribution < 1.29 is 0 Å². The molecular weight excluding hydrogens is 202 g/mol. The van der Waals surface area contributed by atoms with E-state index in [1.807, 2.05) is 36.5 Å². The summed E-state index contributed by atoms with van der Waals surface area (Å²) < 4.78 is 4.07. The number of aromatic nitrogens is 4. The summed E-state index contributed by atoms with van der Waals surface area (Å²) in [4.78, 5) is 4.14. The van der Waals surface area contributed by atoms with Crippen LogP contribution < -0.4 is 5.73 Å². The third-order valence-electron chi connectivity index (χ3n) is 2.53. The van der Waals surface area contributed by atoms with Crippen LogP contribution >= 0.6 is 0 Å². The van der Waals surface area contributed by atoms with Crippen LogP contribution in [0.4, 0.5) is 0 Å². The van der Waals surface area contributed by atoms with Crippen molar-refractivity contribution in [3.63, 3.8) is 0 Å². The average Bonchev–Trinajstić information content (AvgIpc) is 2.85. The van der Waals surface area contributed by atoms with E-state index in [0.717, 1.165) is 19.5 Å². The minimum absolute atomic E-state index is 0.659. The molecule has 16 heavy (non-hydrogen) atoms. The van der Waals surface area contributed by atoms with E-state index in [2.05, 4.69) is 14.6 Å². The van der Waals surface area contributed by atoms with Crippen molar-refractivity contribution in [1.82, 2.24) is 19.3 Å². The Labute approximate surface area is 94.9 Å². The summed E-state index contributed by atoms with van der Waals surface area (Å²) >= 11 is 0. The van der Waals surface area contributed by atoms with Gasteiger partial charge in [-0.15, -0.1) is 0 Å². The third kappa shape index (κ3) is 2.49. The molecule has 2 aromatic heterocycles. The Kier molecular flexibility index (Phi) is 3.36. The van der Waals surface area contributed by atoms with Crippen molar-refractivity contribution in [2.24, 2.45) is 5.73 Å². The van der Waals surface area contributed by atoms with Gasteiger partial charge in [0.15, 0.2) is 0 Å². The molecule has 0 aliphatic heterocycles. The van der Waals surface area contributed by atoms with Crippen LogP contribution in [0, 0.1) is 6.92 Å². The molecule has 0 amide bonds. The van der Waals surface area contributed by atoms with Crippen LogP contribution in [0.2, 0.25) is 0 Å². The number of imidazole rings is 1. The largest absolute Gasteiger partial charge is 0.333 e. The number of hydrogen-bond donors (Lipinski definition) is 1. The zero-order valence-corrected chi connectivity index (χ0v) is 9.50. The number of rotatable bonds is 5. The van der Waals surface area contributed by atoms with E-state index < -0.39 is 0 Å². The minimum atomic E-state index is 0.659. The molecule has 0 atom stereocenters. The Bertz CT molecular complexity index is 443. The summed E-state index contributed by atoms with van der Waals surface area (Å²) in [6, 6.07) is 0. The van der Waals surface area contributed by atoms with Gasteiger partial charge >= 0.3 is 0 Å². The lowest BCUT2D eigenvalue weighted by Crippen LogP contribution is -2.12. The van der Waals surface area contributed by atoms with Crippen LogP contribution in [0.15, 0.2) is 24.9 Å². The first-order valence-electron chi connectivity index (χ1n) is 5.47. The SMILES string of the molecule is Cc1cnn(CCn2cncc2CCN)c1. The van der Waals surface area contributed by atoms with Crippen molar-refractivity contribution in [1.29, 1.82) is 0 Å². The minimum Gasteiger partial charge on any atom is -0.333 e. The molecule has 5 heteroatoms. The smallest absolute Gasteiger partial charge is 0.0948 e. The summed E-state index contributed by atoms with van der Waals surface area (Å²) in [7, 11) is 0. The second kappa shape index (κ2) is 4.94. The maximum atomic E-state index is 5.54. The van der Waals surface area contributed by atoms with E-state index in [1.54, 1.807) is 0 Å². The highest BCUT2D eigenvalue weighted by Crippen LogP contribution is 2.01. The van der Waals surface area contributed by atoms with Gasteiger partial charge in [0.05, 0.1) is 19.1 Å².